The molecule has 0 saturated carbocycles. The van der Waals surface area contributed by atoms with Crippen molar-refractivity contribution in [1.82, 2.24) is 9.97 Å². The zero-order valence-electron chi connectivity index (χ0n) is 19.3. The highest BCUT2D eigenvalue weighted by Gasteiger charge is 2.23. The average molecular weight is 450 g/mol. The van der Waals surface area contributed by atoms with Crippen LogP contribution in [0.15, 0.2) is 78.9 Å². The lowest BCUT2D eigenvalue weighted by molar-refractivity contribution is -0.115. The minimum atomic E-state index is -0.0812. The molecule has 1 N–H and O–H groups in total. The van der Waals surface area contributed by atoms with Crippen LogP contribution in [0.1, 0.15) is 28.1 Å². The van der Waals surface area contributed by atoms with Crippen LogP contribution in [-0.2, 0) is 36.9 Å². The molecular formula is C29H27N3O2. The summed E-state index contributed by atoms with van der Waals surface area (Å²) in [6.45, 7) is 0. The number of nitrogens with zero attached hydrogens (tertiary/aromatic N) is 2. The standard InChI is InChI=1S/C29H27N3O2/c1-34-23-14-15-24-22(19-23)13-17-25-28(24)30-26(16-12-20-8-4-2-5-9-20)29(31-25)32-27(33)18-21-10-6-3-7-11-21/h2-11,14-15,19H,12-13,16-18H2,1H3,(H,31,32,33). The molecule has 1 heterocycles. The maximum Gasteiger partial charge on any atom is 0.229 e. The molecule has 1 aromatic heterocycles. The van der Waals surface area contributed by atoms with Crippen LogP contribution in [0.3, 0.4) is 0 Å². The largest absolute Gasteiger partial charge is 0.497 e. The van der Waals surface area contributed by atoms with Crippen molar-refractivity contribution in [3.63, 3.8) is 0 Å². The Morgan fingerprint density at radius 1 is 0.882 bits per heavy atom. The quantitative estimate of drug-likeness (QED) is 0.420. The van der Waals surface area contributed by atoms with E-state index in [2.05, 4.69) is 29.6 Å². The van der Waals surface area contributed by atoms with E-state index < -0.39 is 0 Å². The number of methoxy groups -OCH3 is 1. The van der Waals surface area contributed by atoms with Gasteiger partial charge in [0.05, 0.1) is 30.6 Å². The van der Waals surface area contributed by atoms with Gasteiger partial charge in [-0.2, -0.15) is 0 Å². The maximum atomic E-state index is 12.9. The number of rotatable bonds is 7. The molecule has 0 atom stereocenters. The van der Waals surface area contributed by atoms with Crippen LogP contribution in [0.4, 0.5) is 5.82 Å². The summed E-state index contributed by atoms with van der Waals surface area (Å²) < 4.78 is 5.41. The maximum absolute atomic E-state index is 12.9. The number of anilines is 1. The normalized spacial score (nSPS) is 11.9. The number of fused-ring (bicyclic) bond motifs is 3. The van der Waals surface area contributed by atoms with Gasteiger partial charge in [-0.25, -0.2) is 9.97 Å². The van der Waals surface area contributed by atoms with Gasteiger partial charge in [0.15, 0.2) is 5.82 Å². The second-order valence-corrected chi connectivity index (χ2v) is 8.53. The lowest BCUT2D eigenvalue weighted by Crippen LogP contribution is -2.20. The first-order chi connectivity index (χ1) is 16.7. The Balaban J connectivity index is 1.47. The lowest BCUT2D eigenvalue weighted by Gasteiger charge is -2.21. The number of hydrogen-bond acceptors (Lipinski definition) is 4. The van der Waals surface area contributed by atoms with Crippen LogP contribution >= 0.6 is 0 Å². The molecule has 1 aliphatic carbocycles. The predicted octanol–water partition coefficient (Wildman–Crippen LogP) is 5.22. The summed E-state index contributed by atoms with van der Waals surface area (Å²) in [6, 6.07) is 26.2. The summed E-state index contributed by atoms with van der Waals surface area (Å²) >= 11 is 0. The molecule has 0 unspecified atom stereocenters. The van der Waals surface area contributed by atoms with E-state index in [4.69, 9.17) is 14.7 Å². The Kier molecular flexibility index (Phi) is 6.34. The van der Waals surface area contributed by atoms with Gasteiger partial charge in [-0.15, -0.1) is 0 Å². The highest BCUT2D eigenvalue weighted by molar-refractivity contribution is 5.92. The van der Waals surface area contributed by atoms with Gasteiger partial charge in [-0.05, 0) is 60.6 Å². The van der Waals surface area contributed by atoms with Crippen LogP contribution < -0.4 is 10.1 Å². The van der Waals surface area contributed by atoms with Crippen molar-refractivity contribution in [2.45, 2.75) is 32.1 Å². The van der Waals surface area contributed by atoms with Crippen molar-refractivity contribution in [3.05, 3.63) is 107 Å². The molecule has 3 aromatic carbocycles. The number of ether oxygens (including phenoxy) is 1. The molecule has 0 radical (unpaired) electrons. The second kappa shape index (κ2) is 9.87. The molecular weight excluding hydrogens is 422 g/mol. The highest BCUT2D eigenvalue weighted by Crippen LogP contribution is 2.35. The second-order valence-electron chi connectivity index (χ2n) is 8.53. The molecule has 0 saturated heterocycles. The molecule has 0 aliphatic heterocycles. The van der Waals surface area contributed by atoms with E-state index in [0.29, 0.717) is 18.7 Å². The number of amides is 1. The third kappa shape index (κ3) is 4.84. The van der Waals surface area contributed by atoms with Crippen molar-refractivity contribution in [2.75, 3.05) is 12.4 Å². The molecule has 5 rings (SSSR count). The van der Waals surface area contributed by atoms with Crippen LogP contribution in [0.5, 0.6) is 5.75 Å². The molecule has 0 spiro atoms. The SMILES string of the molecule is COc1ccc2c(c1)CCc1nc(NC(=O)Cc3ccccc3)c(CCc3ccccc3)nc1-2. The molecule has 0 bridgehead atoms. The van der Waals surface area contributed by atoms with Crippen molar-refractivity contribution in [2.24, 2.45) is 0 Å². The topological polar surface area (TPSA) is 64.1 Å². The fraction of sp³-hybridized carbons (Fsp3) is 0.207. The van der Waals surface area contributed by atoms with Gasteiger partial charge in [0.2, 0.25) is 5.91 Å². The molecule has 4 aromatic rings. The minimum Gasteiger partial charge on any atom is -0.497 e. The van der Waals surface area contributed by atoms with Gasteiger partial charge in [0, 0.05) is 5.56 Å². The summed E-state index contributed by atoms with van der Waals surface area (Å²) in [5.74, 6) is 1.35. The van der Waals surface area contributed by atoms with E-state index in [1.165, 1.54) is 11.1 Å². The Hall–Kier alpha value is -3.99. The third-order valence-electron chi connectivity index (χ3n) is 6.20. The van der Waals surface area contributed by atoms with Crippen molar-refractivity contribution in [1.29, 1.82) is 0 Å². The summed E-state index contributed by atoms with van der Waals surface area (Å²) in [4.78, 5) is 22.8. The predicted molar refractivity (Wildman–Crippen MR) is 134 cm³/mol. The van der Waals surface area contributed by atoms with E-state index >= 15 is 0 Å². The van der Waals surface area contributed by atoms with Crippen molar-refractivity contribution < 1.29 is 9.53 Å². The number of hydrogen-bond donors (Lipinski definition) is 1. The van der Waals surface area contributed by atoms with Gasteiger partial charge in [-0.1, -0.05) is 60.7 Å². The van der Waals surface area contributed by atoms with Gasteiger partial charge in [0.1, 0.15) is 5.75 Å². The van der Waals surface area contributed by atoms with Crippen molar-refractivity contribution >= 4 is 11.7 Å². The third-order valence-corrected chi connectivity index (χ3v) is 6.20. The molecule has 5 nitrogen and oxygen atoms in total. The summed E-state index contributed by atoms with van der Waals surface area (Å²) in [6.07, 6.45) is 3.47. The van der Waals surface area contributed by atoms with E-state index in [-0.39, 0.29) is 5.91 Å². The van der Waals surface area contributed by atoms with Gasteiger partial charge < -0.3 is 10.1 Å². The molecule has 0 fully saturated rings. The van der Waals surface area contributed by atoms with E-state index in [1.54, 1.807) is 7.11 Å². The molecule has 1 aliphatic rings. The van der Waals surface area contributed by atoms with E-state index in [1.807, 2.05) is 54.6 Å². The first-order valence-corrected chi connectivity index (χ1v) is 11.6. The minimum absolute atomic E-state index is 0.0812. The summed E-state index contributed by atoms with van der Waals surface area (Å²) in [5.41, 5.74) is 7.17. The first-order valence-electron chi connectivity index (χ1n) is 11.6. The summed E-state index contributed by atoms with van der Waals surface area (Å²) in [5, 5.41) is 3.06. The Morgan fingerprint density at radius 2 is 1.62 bits per heavy atom. The van der Waals surface area contributed by atoms with Crippen molar-refractivity contribution in [3.8, 4) is 17.0 Å². The average Bonchev–Trinajstić information content (AvgIpc) is 2.88. The smallest absolute Gasteiger partial charge is 0.229 e. The molecule has 170 valence electrons. The van der Waals surface area contributed by atoms with E-state index in [9.17, 15) is 4.79 Å². The fourth-order valence-corrected chi connectivity index (χ4v) is 4.42. The highest BCUT2D eigenvalue weighted by atomic mass is 16.5. The van der Waals surface area contributed by atoms with Crippen LogP contribution in [-0.4, -0.2) is 23.0 Å². The Morgan fingerprint density at radius 3 is 2.35 bits per heavy atom. The van der Waals surface area contributed by atoms with Crippen LogP contribution in [0.2, 0.25) is 0 Å². The molecule has 34 heavy (non-hydrogen) atoms. The Labute approximate surface area is 199 Å². The molecule has 5 heteroatoms. The number of nitrogens with one attached hydrogen (secondary N) is 1. The van der Waals surface area contributed by atoms with Gasteiger partial charge in [-0.3, -0.25) is 4.79 Å². The summed E-state index contributed by atoms with van der Waals surface area (Å²) in [7, 11) is 1.68. The van der Waals surface area contributed by atoms with Crippen LogP contribution in [0.25, 0.3) is 11.3 Å². The number of carbonyl (C=O) groups is 1. The van der Waals surface area contributed by atoms with Gasteiger partial charge >= 0.3 is 0 Å². The number of aromatic nitrogens is 2. The zero-order valence-corrected chi connectivity index (χ0v) is 19.3. The zero-order chi connectivity index (χ0) is 23.3. The van der Waals surface area contributed by atoms with Crippen LogP contribution in [0, 0.1) is 0 Å². The number of benzene rings is 3. The lowest BCUT2D eigenvalue weighted by atomic mass is 9.91. The van der Waals surface area contributed by atoms with Gasteiger partial charge in [0.25, 0.3) is 0 Å². The number of carbonyl (C=O) groups excluding carboxylic acids is 1. The fourth-order valence-electron chi connectivity index (χ4n) is 4.42. The first kappa shape index (κ1) is 21.8. The molecule has 1 amide bonds. The number of aryl methyl sites for hydroxylation is 4. The Bertz CT molecular complexity index is 1300. The monoisotopic (exact) mass is 449 g/mol. The van der Waals surface area contributed by atoms with E-state index in [0.717, 1.165) is 53.2 Å².